The van der Waals surface area contributed by atoms with E-state index in [2.05, 4.69) is 29.7 Å². The number of ether oxygens (including phenoxy) is 2. The van der Waals surface area contributed by atoms with Crippen LogP contribution < -0.4 is 4.74 Å². The van der Waals surface area contributed by atoms with E-state index in [4.69, 9.17) is 9.47 Å². The standard InChI is InChI=1S/C13H21N3O2Si/c1-17-13-11-9-14-6-5-12(11)15-16(13)10-18-7-8-19(2,3)4/h5-6,9H,7-8,10H2,1-4H3. The Balaban J connectivity index is 2.04. The van der Waals surface area contributed by atoms with Gasteiger partial charge in [-0.25, -0.2) is 4.68 Å². The van der Waals surface area contributed by atoms with Crippen molar-refractivity contribution in [1.82, 2.24) is 14.8 Å². The molecular weight excluding hydrogens is 258 g/mol. The summed E-state index contributed by atoms with van der Waals surface area (Å²) in [4.78, 5) is 4.09. The highest BCUT2D eigenvalue weighted by atomic mass is 28.3. The molecule has 0 aliphatic rings. The van der Waals surface area contributed by atoms with E-state index >= 15 is 0 Å². The van der Waals surface area contributed by atoms with Crippen molar-refractivity contribution in [2.75, 3.05) is 13.7 Å². The third-order valence-corrected chi connectivity index (χ3v) is 4.60. The molecule has 0 saturated carbocycles. The van der Waals surface area contributed by atoms with Crippen molar-refractivity contribution in [1.29, 1.82) is 0 Å². The lowest BCUT2D eigenvalue weighted by Gasteiger charge is -2.15. The van der Waals surface area contributed by atoms with Gasteiger partial charge in [0.05, 0.1) is 18.0 Å². The number of pyridine rings is 1. The van der Waals surface area contributed by atoms with Crippen LogP contribution >= 0.6 is 0 Å². The Morgan fingerprint density at radius 2 is 2.11 bits per heavy atom. The van der Waals surface area contributed by atoms with E-state index in [0.29, 0.717) is 12.6 Å². The van der Waals surface area contributed by atoms with Crippen LogP contribution in [0, 0.1) is 0 Å². The molecule has 0 amide bonds. The van der Waals surface area contributed by atoms with E-state index in [1.54, 1.807) is 24.2 Å². The maximum atomic E-state index is 5.70. The summed E-state index contributed by atoms with van der Waals surface area (Å²) in [5.41, 5.74) is 0.876. The maximum Gasteiger partial charge on any atom is 0.223 e. The van der Waals surface area contributed by atoms with Crippen LogP contribution in [-0.4, -0.2) is 36.6 Å². The van der Waals surface area contributed by atoms with Crippen LogP contribution in [0.1, 0.15) is 0 Å². The van der Waals surface area contributed by atoms with E-state index in [1.807, 2.05) is 6.07 Å². The van der Waals surface area contributed by atoms with E-state index in [-0.39, 0.29) is 0 Å². The zero-order valence-corrected chi connectivity index (χ0v) is 13.0. The van der Waals surface area contributed by atoms with Gasteiger partial charge in [-0.2, -0.15) is 5.10 Å². The maximum absolute atomic E-state index is 5.70. The van der Waals surface area contributed by atoms with Crippen molar-refractivity contribution < 1.29 is 9.47 Å². The quantitative estimate of drug-likeness (QED) is 0.602. The van der Waals surface area contributed by atoms with E-state index in [1.165, 1.54) is 0 Å². The van der Waals surface area contributed by atoms with Gasteiger partial charge in [-0.1, -0.05) is 19.6 Å². The molecule has 0 aliphatic heterocycles. The summed E-state index contributed by atoms with van der Waals surface area (Å²) in [7, 11) is 0.596. The Morgan fingerprint density at radius 3 is 2.79 bits per heavy atom. The fraction of sp³-hybridized carbons (Fsp3) is 0.538. The van der Waals surface area contributed by atoms with Crippen LogP contribution in [-0.2, 0) is 11.5 Å². The second kappa shape index (κ2) is 5.71. The molecule has 2 heterocycles. The summed E-state index contributed by atoms with van der Waals surface area (Å²) in [6.07, 6.45) is 3.49. The molecule has 6 heteroatoms. The van der Waals surface area contributed by atoms with Crippen LogP contribution in [0.25, 0.3) is 10.9 Å². The number of aromatic nitrogens is 3. The Hall–Kier alpha value is -1.40. The molecular formula is C13H21N3O2Si. The van der Waals surface area contributed by atoms with Gasteiger partial charge in [-0.15, -0.1) is 0 Å². The summed E-state index contributed by atoms with van der Waals surface area (Å²) in [5, 5.41) is 5.37. The molecule has 0 unspecified atom stereocenters. The van der Waals surface area contributed by atoms with Gasteiger partial charge in [0, 0.05) is 27.1 Å². The van der Waals surface area contributed by atoms with Crippen molar-refractivity contribution in [2.45, 2.75) is 32.4 Å². The van der Waals surface area contributed by atoms with Gasteiger partial charge in [-0.05, 0) is 12.1 Å². The van der Waals surface area contributed by atoms with Crippen LogP contribution in [0.5, 0.6) is 5.88 Å². The predicted octanol–water partition coefficient (Wildman–Crippen LogP) is 2.75. The third-order valence-electron chi connectivity index (χ3n) is 2.89. The van der Waals surface area contributed by atoms with Gasteiger partial charge >= 0.3 is 0 Å². The zero-order chi connectivity index (χ0) is 13.9. The summed E-state index contributed by atoms with van der Waals surface area (Å²) < 4.78 is 12.8. The van der Waals surface area contributed by atoms with Gasteiger partial charge in [0.2, 0.25) is 5.88 Å². The monoisotopic (exact) mass is 279 g/mol. The van der Waals surface area contributed by atoms with Gasteiger partial charge < -0.3 is 9.47 Å². The number of hydrogen-bond donors (Lipinski definition) is 0. The molecule has 2 rings (SSSR count). The minimum absolute atomic E-state index is 0.419. The van der Waals surface area contributed by atoms with E-state index < -0.39 is 8.07 Å². The van der Waals surface area contributed by atoms with Crippen molar-refractivity contribution in [3.8, 4) is 5.88 Å². The molecule has 2 aromatic rings. The first-order valence-electron chi connectivity index (χ1n) is 6.43. The third kappa shape index (κ3) is 3.54. The SMILES string of the molecule is COc1c2cnccc2nn1COCC[Si](C)(C)C. The highest BCUT2D eigenvalue weighted by molar-refractivity contribution is 6.76. The van der Waals surface area contributed by atoms with Crippen LogP contribution in [0.2, 0.25) is 25.7 Å². The first-order valence-corrected chi connectivity index (χ1v) is 10.1. The summed E-state index contributed by atoms with van der Waals surface area (Å²) in [6.45, 7) is 8.20. The molecule has 0 fully saturated rings. The molecule has 0 atom stereocenters. The van der Waals surface area contributed by atoms with Gasteiger partial charge in [0.1, 0.15) is 6.73 Å². The predicted molar refractivity (Wildman–Crippen MR) is 78.2 cm³/mol. The van der Waals surface area contributed by atoms with E-state index in [0.717, 1.165) is 23.6 Å². The molecule has 0 spiro atoms. The zero-order valence-electron chi connectivity index (χ0n) is 12.0. The number of hydrogen-bond acceptors (Lipinski definition) is 4. The Bertz CT molecular complexity index is 548. The highest BCUT2D eigenvalue weighted by Crippen LogP contribution is 2.24. The normalized spacial score (nSPS) is 12.0. The first kappa shape index (κ1) is 14.0. The summed E-state index contributed by atoms with van der Waals surface area (Å²) in [5.74, 6) is 0.705. The lowest BCUT2D eigenvalue weighted by atomic mass is 10.3. The molecule has 0 saturated heterocycles. The smallest absolute Gasteiger partial charge is 0.223 e. The molecule has 0 N–H and O–H groups in total. The Labute approximate surface area is 114 Å². The van der Waals surface area contributed by atoms with Gasteiger partial charge in [-0.3, -0.25) is 4.98 Å². The largest absolute Gasteiger partial charge is 0.481 e. The van der Waals surface area contributed by atoms with Gasteiger partial charge in [0.25, 0.3) is 0 Å². The minimum Gasteiger partial charge on any atom is -0.481 e. The second-order valence-corrected chi connectivity index (χ2v) is 11.4. The van der Waals surface area contributed by atoms with Crippen molar-refractivity contribution >= 4 is 19.0 Å². The molecule has 0 radical (unpaired) electrons. The lowest BCUT2D eigenvalue weighted by molar-refractivity contribution is 0.0729. The van der Waals surface area contributed by atoms with Crippen LogP contribution in [0.15, 0.2) is 18.5 Å². The molecule has 2 aromatic heterocycles. The molecule has 104 valence electrons. The fourth-order valence-corrected chi connectivity index (χ4v) is 2.54. The first-order chi connectivity index (χ1) is 9.01. The average Bonchev–Trinajstić information content (AvgIpc) is 2.71. The number of methoxy groups -OCH3 is 1. The molecule has 0 bridgehead atoms. The Morgan fingerprint density at radius 1 is 1.32 bits per heavy atom. The fourth-order valence-electron chi connectivity index (χ4n) is 1.79. The summed E-state index contributed by atoms with van der Waals surface area (Å²) >= 11 is 0. The van der Waals surface area contributed by atoms with Crippen molar-refractivity contribution in [3.63, 3.8) is 0 Å². The average molecular weight is 279 g/mol. The second-order valence-electron chi connectivity index (χ2n) is 5.75. The Kier molecular flexibility index (Phi) is 4.21. The number of nitrogens with zero attached hydrogens (tertiary/aromatic N) is 3. The molecule has 19 heavy (non-hydrogen) atoms. The molecule has 0 aromatic carbocycles. The van der Waals surface area contributed by atoms with Crippen molar-refractivity contribution in [2.24, 2.45) is 0 Å². The van der Waals surface area contributed by atoms with Crippen LogP contribution in [0.4, 0.5) is 0 Å². The number of rotatable bonds is 6. The van der Waals surface area contributed by atoms with Gasteiger partial charge in [0.15, 0.2) is 0 Å². The van der Waals surface area contributed by atoms with Crippen LogP contribution in [0.3, 0.4) is 0 Å². The minimum atomic E-state index is -1.05. The van der Waals surface area contributed by atoms with Crippen molar-refractivity contribution in [3.05, 3.63) is 18.5 Å². The lowest BCUT2D eigenvalue weighted by Crippen LogP contribution is -2.22. The highest BCUT2D eigenvalue weighted by Gasteiger charge is 2.14. The van der Waals surface area contributed by atoms with E-state index in [9.17, 15) is 0 Å². The molecule has 5 nitrogen and oxygen atoms in total. The summed E-state index contributed by atoms with van der Waals surface area (Å²) in [6, 6.07) is 3.02. The molecule has 0 aliphatic carbocycles. The number of fused-ring (bicyclic) bond motifs is 1. The topological polar surface area (TPSA) is 49.2 Å².